The van der Waals surface area contributed by atoms with Crippen molar-refractivity contribution in [1.82, 2.24) is 15.1 Å². The molecule has 0 saturated carbocycles. The number of nitrogens with zero attached hydrogens (tertiary/aromatic N) is 2. The molecular formula is C14H27N3O. The van der Waals surface area contributed by atoms with Gasteiger partial charge in [0.05, 0.1) is 6.54 Å². The maximum atomic E-state index is 12.1. The summed E-state index contributed by atoms with van der Waals surface area (Å²) in [6.07, 6.45) is 6.03. The van der Waals surface area contributed by atoms with Crippen molar-refractivity contribution in [1.29, 1.82) is 0 Å². The van der Waals surface area contributed by atoms with Crippen LogP contribution in [0.2, 0.25) is 0 Å². The van der Waals surface area contributed by atoms with Crippen LogP contribution in [0.1, 0.15) is 39.0 Å². The van der Waals surface area contributed by atoms with Crippen LogP contribution in [-0.4, -0.2) is 61.0 Å². The monoisotopic (exact) mass is 253 g/mol. The van der Waals surface area contributed by atoms with Crippen LogP contribution in [0, 0.1) is 0 Å². The summed E-state index contributed by atoms with van der Waals surface area (Å²) in [5, 5.41) is 3.50. The van der Waals surface area contributed by atoms with E-state index in [2.05, 4.69) is 22.0 Å². The van der Waals surface area contributed by atoms with E-state index in [0.717, 1.165) is 32.7 Å². The van der Waals surface area contributed by atoms with Gasteiger partial charge in [-0.05, 0) is 38.6 Å². The minimum absolute atomic E-state index is 0.344. The molecule has 4 heteroatoms. The average Bonchev–Trinajstić information content (AvgIpc) is 2.42. The standard InChI is InChI=1S/C14H27N3O/c1-2-15-13-6-10-16(11-7-13)12-14(18)17-8-4-3-5-9-17/h13,15H,2-12H2,1H3. The predicted molar refractivity (Wildman–Crippen MR) is 73.6 cm³/mol. The van der Waals surface area contributed by atoms with Gasteiger partial charge < -0.3 is 10.2 Å². The number of hydrogen-bond acceptors (Lipinski definition) is 3. The van der Waals surface area contributed by atoms with Crippen LogP contribution in [0.4, 0.5) is 0 Å². The smallest absolute Gasteiger partial charge is 0.236 e. The van der Waals surface area contributed by atoms with Gasteiger partial charge in [0.25, 0.3) is 0 Å². The zero-order valence-corrected chi connectivity index (χ0v) is 11.7. The lowest BCUT2D eigenvalue weighted by molar-refractivity contribution is -0.133. The van der Waals surface area contributed by atoms with Crippen LogP contribution < -0.4 is 5.32 Å². The first-order valence-electron chi connectivity index (χ1n) is 7.53. The summed E-state index contributed by atoms with van der Waals surface area (Å²) in [5.74, 6) is 0.344. The van der Waals surface area contributed by atoms with Crippen LogP contribution in [0.5, 0.6) is 0 Å². The zero-order chi connectivity index (χ0) is 12.8. The Balaban J connectivity index is 1.68. The van der Waals surface area contributed by atoms with E-state index in [9.17, 15) is 4.79 Å². The number of rotatable bonds is 4. The lowest BCUT2D eigenvalue weighted by Gasteiger charge is -2.34. The van der Waals surface area contributed by atoms with Gasteiger partial charge in [0.1, 0.15) is 0 Å². The van der Waals surface area contributed by atoms with E-state index < -0.39 is 0 Å². The predicted octanol–water partition coefficient (Wildman–Crippen LogP) is 1.07. The van der Waals surface area contributed by atoms with Gasteiger partial charge in [0.15, 0.2) is 0 Å². The largest absolute Gasteiger partial charge is 0.342 e. The highest BCUT2D eigenvalue weighted by atomic mass is 16.2. The number of hydrogen-bond donors (Lipinski definition) is 1. The van der Waals surface area contributed by atoms with Crippen LogP contribution in [0.25, 0.3) is 0 Å². The number of nitrogens with one attached hydrogen (secondary N) is 1. The molecule has 2 fully saturated rings. The van der Waals surface area contributed by atoms with Gasteiger partial charge in [-0.15, -0.1) is 0 Å². The van der Waals surface area contributed by atoms with E-state index in [1.54, 1.807) is 0 Å². The third-order valence-electron chi connectivity index (χ3n) is 4.15. The van der Waals surface area contributed by atoms with E-state index in [1.165, 1.54) is 32.1 Å². The number of amides is 1. The van der Waals surface area contributed by atoms with Gasteiger partial charge >= 0.3 is 0 Å². The van der Waals surface area contributed by atoms with Crippen molar-refractivity contribution >= 4 is 5.91 Å². The molecule has 0 radical (unpaired) electrons. The molecule has 1 amide bonds. The molecule has 0 aliphatic carbocycles. The maximum absolute atomic E-state index is 12.1. The number of carbonyl (C=O) groups is 1. The van der Waals surface area contributed by atoms with E-state index in [4.69, 9.17) is 0 Å². The lowest BCUT2D eigenvalue weighted by Crippen LogP contribution is -2.47. The normalized spacial score (nSPS) is 23.3. The molecule has 0 spiro atoms. The van der Waals surface area contributed by atoms with Crippen LogP contribution in [-0.2, 0) is 4.79 Å². The second-order valence-electron chi connectivity index (χ2n) is 5.55. The Morgan fingerprint density at radius 2 is 1.78 bits per heavy atom. The summed E-state index contributed by atoms with van der Waals surface area (Å²) in [7, 11) is 0. The average molecular weight is 253 g/mol. The minimum atomic E-state index is 0.344. The van der Waals surface area contributed by atoms with Gasteiger partial charge in [0.2, 0.25) is 5.91 Å². The maximum Gasteiger partial charge on any atom is 0.236 e. The highest BCUT2D eigenvalue weighted by Gasteiger charge is 2.23. The van der Waals surface area contributed by atoms with E-state index in [-0.39, 0.29) is 0 Å². The van der Waals surface area contributed by atoms with Gasteiger partial charge in [-0.1, -0.05) is 6.92 Å². The van der Waals surface area contributed by atoms with Crippen molar-refractivity contribution in [2.24, 2.45) is 0 Å². The van der Waals surface area contributed by atoms with Gasteiger partial charge in [-0.2, -0.15) is 0 Å². The molecule has 18 heavy (non-hydrogen) atoms. The lowest BCUT2D eigenvalue weighted by atomic mass is 10.0. The van der Waals surface area contributed by atoms with Crippen molar-refractivity contribution in [3.63, 3.8) is 0 Å². The van der Waals surface area contributed by atoms with E-state index >= 15 is 0 Å². The van der Waals surface area contributed by atoms with Crippen molar-refractivity contribution in [3.8, 4) is 0 Å². The fourth-order valence-electron chi connectivity index (χ4n) is 3.02. The minimum Gasteiger partial charge on any atom is -0.342 e. The van der Waals surface area contributed by atoms with Gasteiger partial charge in [0, 0.05) is 32.2 Å². The second-order valence-corrected chi connectivity index (χ2v) is 5.55. The summed E-state index contributed by atoms with van der Waals surface area (Å²) >= 11 is 0. The Morgan fingerprint density at radius 3 is 2.39 bits per heavy atom. The van der Waals surface area contributed by atoms with E-state index in [0.29, 0.717) is 18.5 Å². The molecule has 2 aliphatic heterocycles. The first-order chi connectivity index (χ1) is 8.79. The topological polar surface area (TPSA) is 35.6 Å². The Bertz CT molecular complexity index is 256. The Kier molecular flexibility index (Phi) is 5.45. The molecular weight excluding hydrogens is 226 g/mol. The molecule has 0 aromatic carbocycles. The van der Waals surface area contributed by atoms with Crippen LogP contribution in [0.3, 0.4) is 0 Å². The molecule has 2 heterocycles. The van der Waals surface area contributed by atoms with Crippen LogP contribution >= 0.6 is 0 Å². The molecule has 0 aromatic rings. The number of likely N-dealkylation sites (tertiary alicyclic amines) is 2. The highest BCUT2D eigenvalue weighted by Crippen LogP contribution is 2.12. The van der Waals surface area contributed by atoms with Gasteiger partial charge in [-0.3, -0.25) is 9.69 Å². The first kappa shape index (κ1) is 13.8. The summed E-state index contributed by atoms with van der Waals surface area (Å²) < 4.78 is 0. The Labute approximate surface area is 111 Å². The fraction of sp³-hybridized carbons (Fsp3) is 0.929. The second kappa shape index (κ2) is 7.10. The molecule has 4 nitrogen and oxygen atoms in total. The van der Waals surface area contributed by atoms with Crippen molar-refractivity contribution in [2.75, 3.05) is 39.3 Å². The van der Waals surface area contributed by atoms with Crippen molar-refractivity contribution < 1.29 is 4.79 Å². The first-order valence-corrected chi connectivity index (χ1v) is 7.53. The molecule has 104 valence electrons. The number of piperidine rings is 2. The van der Waals surface area contributed by atoms with Gasteiger partial charge in [-0.25, -0.2) is 0 Å². The third kappa shape index (κ3) is 3.95. The Morgan fingerprint density at radius 1 is 1.11 bits per heavy atom. The highest BCUT2D eigenvalue weighted by molar-refractivity contribution is 5.78. The summed E-state index contributed by atoms with van der Waals surface area (Å²) in [5.41, 5.74) is 0. The molecule has 2 aliphatic rings. The molecule has 0 unspecified atom stereocenters. The molecule has 0 atom stereocenters. The van der Waals surface area contributed by atoms with E-state index in [1.807, 2.05) is 0 Å². The molecule has 0 bridgehead atoms. The van der Waals surface area contributed by atoms with Crippen molar-refractivity contribution in [3.05, 3.63) is 0 Å². The quantitative estimate of drug-likeness (QED) is 0.814. The molecule has 2 rings (SSSR count). The summed E-state index contributed by atoms with van der Waals surface area (Å²) in [4.78, 5) is 16.5. The third-order valence-corrected chi connectivity index (χ3v) is 4.15. The Hall–Kier alpha value is -0.610. The summed E-state index contributed by atoms with van der Waals surface area (Å²) in [6, 6.07) is 0.663. The molecule has 2 saturated heterocycles. The molecule has 1 N–H and O–H groups in total. The van der Waals surface area contributed by atoms with Crippen LogP contribution in [0.15, 0.2) is 0 Å². The number of carbonyl (C=O) groups excluding carboxylic acids is 1. The fourth-order valence-corrected chi connectivity index (χ4v) is 3.02. The zero-order valence-electron chi connectivity index (χ0n) is 11.7. The molecule has 0 aromatic heterocycles. The van der Waals surface area contributed by atoms with Crippen molar-refractivity contribution in [2.45, 2.75) is 45.1 Å². The summed E-state index contributed by atoms with van der Waals surface area (Å²) in [6.45, 7) is 7.94. The SMILES string of the molecule is CCNC1CCN(CC(=O)N2CCCCC2)CC1.